The van der Waals surface area contributed by atoms with Crippen LogP contribution in [0.5, 0.6) is 0 Å². The van der Waals surface area contributed by atoms with Gasteiger partial charge in [0, 0.05) is 25.2 Å². The van der Waals surface area contributed by atoms with Crippen LogP contribution in [0.4, 0.5) is 0 Å². The van der Waals surface area contributed by atoms with E-state index in [0.717, 1.165) is 35.6 Å². The molecule has 1 N–H and O–H groups in total. The molecule has 0 unspecified atom stereocenters. The molecule has 1 aromatic carbocycles. The van der Waals surface area contributed by atoms with E-state index in [1.807, 2.05) is 11.0 Å². The van der Waals surface area contributed by atoms with Crippen molar-refractivity contribution in [2.45, 2.75) is 12.8 Å². The smallest absolute Gasteiger partial charge is 0.257 e. The first kappa shape index (κ1) is 16.7. The third-order valence-corrected chi connectivity index (χ3v) is 5.29. The van der Waals surface area contributed by atoms with Crippen molar-refractivity contribution in [3.8, 4) is 0 Å². The number of fused-ring (bicyclic) bond motifs is 1. The van der Waals surface area contributed by atoms with Crippen molar-refractivity contribution < 1.29 is 14.0 Å². The SMILES string of the molecule is O=C(NCC1CCN(C(=O)c2ccoc2)CC1)c1ccc2nsnc2c1. The number of likely N-dealkylation sites (tertiary alicyclic amines) is 1. The summed E-state index contributed by atoms with van der Waals surface area (Å²) in [4.78, 5) is 26.5. The van der Waals surface area contributed by atoms with Crippen LogP contribution in [-0.2, 0) is 0 Å². The van der Waals surface area contributed by atoms with Crippen LogP contribution in [0.25, 0.3) is 11.0 Å². The Morgan fingerprint density at radius 3 is 2.73 bits per heavy atom. The van der Waals surface area contributed by atoms with Crippen molar-refractivity contribution in [3.63, 3.8) is 0 Å². The molecule has 0 bridgehead atoms. The van der Waals surface area contributed by atoms with E-state index >= 15 is 0 Å². The standard InChI is InChI=1S/C18H18N4O3S/c23-17(13-1-2-15-16(9-13)21-26-20-15)19-10-12-3-6-22(7-4-12)18(24)14-5-8-25-11-14/h1-2,5,8-9,11-12H,3-4,6-7,10H2,(H,19,23). The highest BCUT2D eigenvalue weighted by atomic mass is 32.1. The van der Waals surface area contributed by atoms with E-state index in [9.17, 15) is 9.59 Å². The lowest BCUT2D eigenvalue weighted by Crippen LogP contribution is -2.41. The predicted octanol–water partition coefficient (Wildman–Crippen LogP) is 2.57. The van der Waals surface area contributed by atoms with E-state index in [0.29, 0.717) is 36.7 Å². The number of hydrogen-bond donors (Lipinski definition) is 1. The second-order valence-electron chi connectivity index (χ2n) is 6.43. The van der Waals surface area contributed by atoms with Gasteiger partial charge in [-0.25, -0.2) is 0 Å². The maximum absolute atomic E-state index is 12.4. The number of aromatic nitrogens is 2. The van der Waals surface area contributed by atoms with Gasteiger partial charge in [-0.3, -0.25) is 9.59 Å². The average molecular weight is 370 g/mol. The molecule has 3 aromatic rings. The fraction of sp³-hybridized carbons (Fsp3) is 0.333. The van der Waals surface area contributed by atoms with Crippen molar-refractivity contribution in [1.29, 1.82) is 0 Å². The van der Waals surface area contributed by atoms with Gasteiger partial charge in [-0.2, -0.15) is 8.75 Å². The number of rotatable bonds is 4. The highest BCUT2D eigenvalue weighted by molar-refractivity contribution is 7.00. The van der Waals surface area contributed by atoms with Crippen molar-refractivity contribution in [2.24, 2.45) is 5.92 Å². The second-order valence-corrected chi connectivity index (χ2v) is 6.95. The van der Waals surface area contributed by atoms with Gasteiger partial charge in [0.2, 0.25) is 0 Å². The number of carbonyl (C=O) groups excluding carboxylic acids is 2. The van der Waals surface area contributed by atoms with Crippen LogP contribution in [0.3, 0.4) is 0 Å². The molecule has 0 aliphatic carbocycles. The van der Waals surface area contributed by atoms with E-state index in [1.54, 1.807) is 18.2 Å². The Morgan fingerprint density at radius 2 is 1.96 bits per heavy atom. The van der Waals surface area contributed by atoms with Crippen LogP contribution < -0.4 is 5.32 Å². The van der Waals surface area contributed by atoms with E-state index in [1.165, 1.54) is 12.5 Å². The van der Waals surface area contributed by atoms with Gasteiger partial charge in [-0.15, -0.1) is 0 Å². The predicted molar refractivity (Wildman–Crippen MR) is 97.1 cm³/mol. The van der Waals surface area contributed by atoms with Gasteiger partial charge in [0.25, 0.3) is 11.8 Å². The minimum Gasteiger partial charge on any atom is -0.472 e. The van der Waals surface area contributed by atoms with Crippen LogP contribution in [0, 0.1) is 5.92 Å². The maximum atomic E-state index is 12.4. The summed E-state index contributed by atoms with van der Waals surface area (Å²) in [5.74, 6) is 0.278. The van der Waals surface area contributed by atoms with Gasteiger partial charge in [0.1, 0.15) is 17.3 Å². The Hall–Kier alpha value is -2.74. The second kappa shape index (κ2) is 7.25. The molecule has 26 heavy (non-hydrogen) atoms. The average Bonchev–Trinajstić information content (AvgIpc) is 3.37. The van der Waals surface area contributed by atoms with Gasteiger partial charge in [-0.05, 0) is 43.0 Å². The van der Waals surface area contributed by atoms with E-state index < -0.39 is 0 Å². The Balaban J connectivity index is 1.28. The zero-order valence-corrected chi connectivity index (χ0v) is 14.9. The number of amides is 2. The molecule has 8 heteroatoms. The molecule has 7 nitrogen and oxygen atoms in total. The van der Waals surface area contributed by atoms with Crippen molar-refractivity contribution in [2.75, 3.05) is 19.6 Å². The number of hydrogen-bond acceptors (Lipinski definition) is 6. The zero-order valence-electron chi connectivity index (χ0n) is 14.1. The maximum Gasteiger partial charge on any atom is 0.257 e. The van der Waals surface area contributed by atoms with Crippen LogP contribution in [0.2, 0.25) is 0 Å². The van der Waals surface area contributed by atoms with Crippen LogP contribution >= 0.6 is 11.7 Å². The number of furan rings is 1. The first-order valence-corrected chi connectivity index (χ1v) is 9.26. The molecule has 0 radical (unpaired) electrons. The highest BCUT2D eigenvalue weighted by Crippen LogP contribution is 2.19. The molecule has 3 heterocycles. The lowest BCUT2D eigenvalue weighted by Gasteiger charge is -2.31. The topological polar surface area (TPSA) is 88.3 Å². The third kappa shape index (κ3) is 3.45. The lowest BCUT2D eigenvalue weighted by atomic mass is 9.96. The minimum atomic E-state index is -0.100. The van der Waals surface area contributed by atoms with Crippen LogP contribution in [0.15, 0.2) is 41.2 Å². The van der Waals surface area contributed by atoms with Gasteiger partial charge < -0.3 is 14.6 Å². The van der Waals surface area contributed by atoms with Gasteiger partial charge in [-0.1, -0.05) is 0 Å². The Bertz CT molecular complexity index is 914. The van der Waals surface area contributed by atoms with Crippen molar-refractivity contribution in [3.05, 3.63) is 47.9 Å². The summed E-state index contributed by atoms with van der Waals surface area (Å²) in [7, 11) is 0. The van der Waals surface area contributed by atoms with E-state index in [-0.39, 0.29) is 11.8 Å². The molecule has 1 aliphatic heterocycles. The van der Waals surface area contributed by atoms with E-state index in [4.69, 9.17) is 4.42 Å². The Labute approximate surface area is 154 Å². The minimum absolute atomic E-state index is 0.00594. The summed E-state index contributed by atoms with van der Waals surface area (Å²) in [6.07, 6.45) is 4.73. The van der Waals surface area contributed by atoms with Crippen LogP contribution in [-0.4, -0.2) is 45.1 Å². The molecule has 0 spiro atoms. The number of piperidine rings is 1. The number of carbonyl (C=O) groups is 2. The molecule has 4 rings (SSSR count). The quantitative estimate of drug-likeness (QED) is 0.762. The van der Waals surface area contributed by atoms with Crippen molar-refractivity contribution >= 4 is 34.6 Å². The first-order chi connectivity index (χ1) is 12.7. The molecule has 0 atom stereocenters. The summed E-state index contributed by atoms with van der Waals surface area (Å²) in [5, 5.41) is 2.99. The number of nitrogens with one attached hydrogen (secondary N) is 1. The molecule has 1 saturated heterocycles. The summed E-state index contributed by atoms with van der Waals surface area (Å²) in [6.45, 7) is 2.00. The largest absolute Gasteiger partial charge is 0.472 e. The van der Waals surface area contributed by atoms with Gasteiger partial charge >= 0.3 is 0 Å². The number of benzene rings is 1. The monoisotopic (exact) mass is 370 g/mol. The lowest BCUT2D eigenvalue weighted by molar-refractivity contribution is 0.0683. The fourth-order valence-electron chi connectivity index (χ4n) is 3.17. The highest BCUT2D eigenvalue weighted by Gasteiger charge is 2.24. The van der Waals surface area contributed by atoms with Crippen molar-refractivity contribution in [1.82, 2.24) is 19.0 Å². The zero-order chi connectivity index (χ0) is 17.9. The van der Waals surface area contributed by atoms with Crippen LogP contribution in [0.1, 0.15) is 33.6 Å². The first-order valence-electron chi connectivity index (χ1n) is 8.53. The van der Waals surface area contributed by atoms with Gasteiger partial charge in [0.05, 0.1) is 23.6 Å². The summed E-state index contributed by atoms with van der Waals surface area (Å²) < 4.78 is 13.3. The summed E-state index contributed by atoms with van der Waals surface area (Å²) in [6, 6.07) is 7.03. The van der Waals surface area contributed by atoms with E-state index in [2.05, 4.69) is 14.1 Å². The molecule has 2 aromatic heterocycles. The Kier molecular flexibility index (Phi) is 4.66. The fourth-order valence-corrected chi connectivity index (χ4v) is 3.69. The molecule has 1 aliphatic rings. The summed E-state index contributed by atoms with van der Waals surface area (Å²) >= 11 is 1.14. The molecule has 134 valence electrons. The van der Waals surface area contributed by atoms with Gasteiger partial charge in [0.15, 0.2) is 0 Å². The molecule has 2 amide bonds. The normalized spacial score (nSPS) is 15.3. The number of nitrogens with zero attached hydrogens (tertiary/aromatic N) is 3. The molecular weight excluding hydrogens is 352 g/mol. The Morgan fingerprint density at radius 1 is 1.15 bits per heavy atom. The molecule has 1 fully saturated rings. The third-order valence-electron chi connectivity index (χ3n) is 4.74. The molecule has 0 saturated carbocycles. The summed E-state index contributed by atoms with van der Waals surface area (Å²) in [5.41, 5.74) is 2.73. The molecular formula is C18H18N4O3S.